The Balaban J connectivity index is 1.52. The molecule has 2 aliphatic rings. The van der Waals surface area contributed by atoms with E-state index in [-0.39, 0.29) is 16.8 Å². The van der Waals surface area contributed by atoms with Crippen LogP contribution in [0.15, 0.2) is 47.4 Å². The molecule has 34 heavy (non-hydrogen) atoms. The summed E-state index contributed by atoms with van der Waals surface area (Å²) in [5.74, 6) is 0.529. The van der Waals surface area contributed by atoms with Crippen molar-refractivity contribution >= 4 is 15.9 Å². The summed E-state index contributed by atoms with van der Waals surface area (Å²) in [7, 11) is -1.96. The van der Waals surface area contributed by atoms with Crippen LogP contribution in [0.1, 0.15) is 59.6 Å². The number of benzene rings is 2. The molecule has 2 aliphatic heterocycles. The highest BCUT2D eigenvalue weighted by Crippen LogP contribution is 2.28. The number of ether oxygens (including phenoxy) is 1. The van der Waals surface area contributed by atoms with E-state index < -0.39 is 10.0 Å². The molecule has 1 atom stereocenters. The van der Waals surface area contributed by atoms with E-state index in [1.54, 1.807) is 30.5 Å². The number of amides is 1. The van der Waals surface area contributed by atoms with Crippen LogP contribution in [0.25, 0.3) is 0 Å². The Kier molecular flexibility index (Phi) is 7.91. The average Bonchev–Trinajstić information content (AvgIpc) is 3.39. The van der Waals surface area contributed by atoms with Crippen molar-refractivity contribution in [2.75, 3.05) is 39.8 Å². The third kappa shape index (κ3) is 5.45. The van der Waals surface area contributed by atoms with Crippen LogP contribution in [0.5, 0.6) is 5.75 Å². The molecule has 4 rings (SSSR count). The smallest absolute Gasteiger partial charge is 0.251 e. The summed E-state index contributed by atoms with van der Waals surface area (Å²) >= 11 is 0. The maximum absolute atomic E-state index is 13.2. The van der Waals surface area contributed by atoms with Gasteiger partial charge < -0.3 is 10.1 Å². The molecule has 8 heteroatoms. The van der Waals surface area contributed by atoms with E-state index in [4.69, 9.17) is 4.74 Å². The molecule has 2 heterocycles. The average molecular weight is 486 g/mol. The zero-order valence-electron chi connectivity index (χ0n) is 20.1. The summed E-state index contributed by atoms with van der Waals surface area (Å²) in [4.78, 5) is 15.7. The SMILES string of the molecule is COc1cccc(C(CNC(=O)c2ccc(C)c(S(=O)(=O)N3CCCCC3)c2)N2CCCC2)c1. The summed E-state index contributed by atoms with van der Waals surface area (Å²) in [6, 6.07) is 13.0. The van der Waals surface area contributed by atoms with Crippen LogP contribution in [0.2, 0.25) is 0 Å². The van der Waals surface area contributed by atoms with Crippen molar-refractivity contribution < 1.29 is 17.9 Å². The number of nitrogens with one attached hydrogen (secondary N) is 1. The van der Waals surface area contributed by atoms with Gasteiger partial charge in [-0.3, -0.25) is 9.69 Å². The summed E-state index contributed by atoms with van der Waals surface area (Å²) in [5, 5.41) is 3.06. The van der Waals surface area contributed by atoms with Crippen molar-refractivity contribution in [2.45, 2.75) is 50.0 Å². The van der Waals surface area contributed by atoms with E-state index in [0.717, 1.165) is 56.5 Å². The Labute approximate surface area is 203 Å². The first-order chi connectivity index (χ1) is 16.4. The van der Waals surface area contributed by atoms with E-state index in [2.05, 4.69) is 16.3 Å². The minimum absolute atomic E-state index is 0.0311. The lowest BCUT2D eigenvalue weighted by Gasteiger charge is -2.28. The molecule has 0 radical (unpaired) electrons. The number of likely N-dealkylation sites (tertiary alicyclic amines) is 1. The predicted molar refractivity (Wildman–Crippen MR) is 133 cm³/mol. The van der Waals surface area contributed by atoms with E-state index in [0.29, 0.717) is 30.8 Å². The van der Waals surface area contributed by atoms with Gasteiger partial charge >= 0.3 is 0 Å². The van der Waals surface area contributed by atoms with Crippen LogP contribution >= 0.6 is 0 Å². The molecule has 2 aromatic carbocycles. The summed E-state index contributed by atoms with van der Waals surface area (Å²) in [5.41, 5.74) is 2.12. The van der Waals surface area contributed by atoms with Gasteiger partial charge in [0.15, 0.2) is 0 Å². The highest BCUT2D eigenvalue weighted by atomic mass is 32.2. The molecule has 0 saturated carbocycles. The summed E-state index contributed by atoms with van der Waals surface area (Å²) in [6.45, 7) is 5.27. The molecule has 0 spiro atoms. The summed E-state index contributed by atoms with van der Waals surface area (Å²) in [6.07, 6.45) is 5.09. The van der Waals surface area contributed by atoms with Crippen LogP contribution in [0, 0.1) is 6.92 Å². The van der Waals surface area contributed by atoms with Crippen molar-refractivity contribution in [3.8, 4) is 5.75 Å². The number of methoxy groups -OCH3 is 1. The maximum Gasteiger partial charge on any atom is 0.251 e. The largest absolute Gasteiger partial charge is 0.497 e. The Morgan fingerprint density at radius 3 is 2.41 bits per heavy atom. The van der Waals surface area contributed by atoms with Gasteiger partial charge in [0.1, 0.15) is 5.75 Å². The molecule has 1 N–H and O–H groups in total. The first-order valence-electron chi connectivity index (χ1n) is 12.2. The van der Waals surface area contributed by atoms with Gasteiger partial charge in [-0.25, -0.2) is 8.42 Å². The fraction of sp³-hybridized carbons (Fsp3) is 0.500. The Hall–Kier alpha value is -2.42. The summed E-state index contributed by atoms with van der Waals surface area (Å²) < 4.78 is 33.4. The monoisotopic (exact) mass is 485 g/mol. The second-order valence-corrected chi connectivity index (χ2v) is 11.1. The molecule has 7 nitrogen and oxygen atoms in total. The van der Waals surface area contributed by atoms with Crippen molar-refractivity contribution in [1.29, 1.82) is 0 Å². The molecule has 0 aromatic heterocycles. The number of aryl methyl sites for hydroxylation is 1. The van der Waals surface area contributed by atoms with E-state index in [1.165, 1.54) is 6.07 Å². The number of carbonyl (C=O) groups excluding carboxylic acids is 1. The second-order valence-electron chi connectivity index (χ2n) is 9.19. The standard InChI is InChI=1S/C26H35N3O4S/c1-20-11-12-22(18-25(20)34(31,32)29-15-4-3-5-16-29)26(30)27-19-24(28-13-6-7-14-28)21-9-8-10-23(17-21)33-2/h8-12,17-18,24H,3-7,13-16,19H2,1-2H3,(H,27,30). The zero-order valence-corrected chi connectivity index (χ0v) is 20.9. The molecular weight excluding hydrogens is 450 g/mol. The third-order valence-corrected chi connectivity index (χ3v) is 8.94. The molecule has 2 aromatic rings. The Bertz CT molecular complexity index is 1110. The molecule has 0 bridgehead atoms. The van der Waals surface area contributed by atoms with Gasteiger partial charge in [0.25, 0.3) is 5.91 Å². The van der Waals surface area contributed by atoms with Gasteiger partial charge in [0.05, 0.1) is 18.0 Å². The fourth-order valence-electron chi connectivity index (χ4n) is 4.91. The molecule has 1 unspecified atom stereocenters. The number of rotatable bonds is 8. The number of sulfonamides is 1. The highest BCUT2D eigenvalue weighted by Gasteiger charge is 2.29. The minimum Gasteiger partial charge on any atom is -0.497 e. The van der Waals surface area contributed by atoms with Gasteiger partial charge in [0, 0.05) is 25.2 Å². The number of hydrogen-bond acceptors (Lipinski definition) is 5. The topological polar surface area (TPSA) is 78.9 Å². The lowest BCUT2D eigenvalue weighted by atomic mass is 10.0. The second kappa shape index (κ2) is 10.9. The van der Waals surface area contributed by atoms with E-state index in [1.807, 2.05) is 18.2 Å². The highest BCUT2D eigenvalue weighted by molar-refractivity contribution is 7.89. The molecule has 184 valence electrons. The van der Waals surface area contributed by atoms with Gasteiger partial charge in [-0.2, -0.15) is 4.31 Å². The molecule has 2 saturated heterocycles. The van der Waals surface area contributed by atoms with Crippen LogP contribution in [-0.2, 0) is 10.0 Å². The Morgan fingerprint density at radius 2 is 1.71 bits per heavy atom. The zero-order chi connectivity index (χ0) is 24.1. The molecule has 2 fully saturated rings. The lowest BCUT2D eigenvalue weighted by molar-refractivity contribution is 0.0937. The van der Waals surface area contributed by atoms with Crippen LogP contribution in [-0.4, -0.2) is 63.4 Å². The van der Waals surface area contributed by atoms with Crippen LogP contribution < -0.4 is 10.1 Å². The first-order valence-corrected chi connectivity index (χ1v) is 13.6. The number of carbonyl (C=O) groups is 1. The quantitative estimate of drug-likeness (QED) is 0.616. The number of piperidine rings is 1. The first kappa shape index (κ1) is 24.7. The van der Waals surface area contributed by atoms with Gasteiger partial charge in [-0.05, 0) is 81.1 Å². The van der Waals surface area contributed by atoms with Crippen molar-refractivity contribution in [1.82, 2.24) is 14.5 Å². The van der Waals surface area contributed by atoms with Crippen molar-refractivity contribution in [2.24, 2.45) is 0 Å². The van der Waals surface area contributed by atoms with Crippen LogP contribution in [0.3, 0.4) is 0 Å². The number of nitrogens with zero attached hydrogens (tertiary/aromatic N) is 2. The third-order valence-electron chi connectivity index (χ3n) is 6.90. The van der Waals surface area contributed by atoms with Gasteiger partial charge in [0.2, 0.25) is 10.0 Å². The Morgan fingerprint density at radius 1 is 1.00 bits per heavy atom. The maximum atomic E-state index is 13.2. The lowest BCUT2D eigenvalue weighted by Crippen LogP contribution is -2.37. The fourth-order valence-corrected chi connectivity index (χ4v) is 6.68. The van der Waals surface area contributed by atoms with Crippen LogP contribution in [0.4, 0.5) is 0 Å². The molecule has 0 aliphatic carbocycles. The van der Waals surface area contributed by atoms with E-state index >= 15 is 0 Å². The predicted octanol–water partition coefficient (Wildman–Crippen LogP) is 3.75. The van der Waals surface area contributed by atoms with Crippen molar-refractivity contribution in [3.63, 3.8) is 0 Å². The number of hydrogen-bond donors (Lipinski definition) is 1. The molecule has 1 amide bonds. The normalized spacial score (nSPS) is 18.5. The van der Waals surface area contributed by atoms with Gasteiger partial charge in [-0.1, -0.05) is 24.6 Å². The van der Waals surface area contributed by atoms with Gasteiger partial charge in [-0.15, -0.1) is 0 Å². The minimum atomic E-state index is -3.61. The molecular formula is C26H35N3O4S. The van der Waals surface area contributed by atoms with Crippen molar-refractivity contribution in [3.05, 3.63) is 59.2 Å². The van der Waals surface area contributed by atoms with E-state index in [9.17, 15) is 13.2 Å².